The fourth-order valence-electron chi connectivity index (χ4n) is 3.03. The van der Waals surface area contributed by atoms with Gasteiger partial charge in [-0.15, -0.1) is 0 Å². The zero-order valence-electron chi connectivity index (χ0n) is 15.1. The van der Waals surface area contributed by atoms with E-state index in [2.05, 4.69) is 10.6 Å². The van der Waals surface area contributed by atoms with E-state index in [1.165, 1.54) is 0 Å². The lowest BCUT2D eigenvalue weighted by atomic mass is 10.0. The standard InChI is InChI=1S/C19H29N3O2/c1-14(15-9-6-5-7-10-15)22(13-17(23)21-19(2,3)4)18(24)16-11-8-12-20-16/h5-7,9-10,14,16,20H,8,11-13H2,1-4H3,(H,21,23)/t14-,16-/m0/s1. The first-order chi connectivity index (χ1) is 11.3. The lowest BCUT2D eigenvalue weighted by Gasteiger charge is -2.32. The number of nitrogens with zero attached hydrogens (tertiary/aromatic N) is 1. The van der Waals surface area contributed by atoms with Crippen LogP contribution in [0.5, 0.6) is 0 Å². The van der Waals surface area contributed by atoms with Gasteiger partial charge in [0, 0.05) is 5.54 Å². The Labute approximate surface area is 144 Å². The summed E-state index contributed by atoms with van der Waals surface area (Å²) < 4.78 is 0. The minimum atomic E-state index is -0.312. The van der Waals surface area contributed by atoms with Crippen molar-refractivity contribution in [2.75, 3.05) is 13.1 Å². The molecular weight excluding hydrogens is 302 g/mol. The quantitative estimate of drug-likeness (QED) is 0.870. The van der Waals surface area contributed by atoms with Gasteiger partial charge < -0.3 is 15.5 Å². The molecule has 1 aliphatic heterocycles. The number of benzene rings is 1. The molecule has 2 N–H and O–H groups in total. The predicted octanol–water partition coefficient (Wildman–Crippen LogP) is 2.24. The van der Waals surface area contributed by atoms with Gasteiger partial charge in [0.2, 0.25) is 11.8 Å². The van der Waals surface area contributed by atoms with Crippen LogP contribution in [0.25, 0.3) is 0 Å². The van der Waals surface area contributed by atoms with E-state index in [1.807, 2.05) is 58.0 Å². The summed E-state index contributed by atoms with van der Waals surface area (Å²) >= 11 is 0. The summed E-state index contributed by atoms with van der Waals surface area (Å²) in [5.41, 5.74) is 0.723. The Bertz CT molecular complexity index is 560. The average Bonchev–Trinajstić information content (AvgIpc) is 3.05. The highest BCUT2D eigenvalue weighted by Gasteiger charge is 2.32. The summed E-state index contributed by atoms with van der Waals surface area (Å²) in [4.78, 5) is 27.0. The number of amides is 2. The number of rotatable bonds is 5. The molecule has 0 radical (unpaired) electrons. The molecule has 2 rings (SSSR count). The summed E-state index contributed by atoms with van der Waals surface area (Å²) in [6.07, 6.45) is 1.83. The van der Waals surface area contributed by atoms with Crippen LogP contribution in [-0.4, -0.2) is 41.4 Å². The Morgan fingerprint density at radius 3 is 2.50 bits per heavy atom. The first-order valence-electron chi connectivity index (χ1n) is 8.68. The van der Waals surface area contributed by atoms with Crippen molar-refractivity contribution in [2.45, 2.75) is 58.2 Å². The van der Waals surface area contributed by atoms with Crippen molar-refractivity contribution in [3.05, 3.63) is 35.9 Å². The zero-order chi connectivity index (χ0) is 17.7. The highest BCUT2D eigenvalue weighted by Crippen LogP contribution is 2.22. The van der Waals surface area contributed by atoms with Crippen LogP contribution in [0.2, 0.25) is 0 Å². The smallest absolute Gasteiger partial charge is 0.240 e. The molecule has 5 nitrogen and oxygen atoms in total. The van der Waals surface area contributed by atoms with Gasteiger partial charge in [0.1, 0.15) is 6.54 Å². The molecule has 1 saturated heterocycles. The topological polar surface area (TPSA) is 61.4 Å². The van der Waals surface area contributed by atoms with Gasteiger partial charge in [-0.2, -0.15) is 0 Å². The maximum absolute atomic E-state index is 12.9. The number of nitrogens with one attached hydrogen (secondary N) is 2. The van der Waals surface area contributed by atoms with Crippen LogP contribution in [0.1, 0.15) is 52.1 Å². The van der Waals surface area contributed by atoms with Crippen molar-refractivity contribution in [1.29, 1.82) is 0 Å². The van der Waals surface area contributed by atoms with E-state index in [4.69, 9.17) is 0 Å². The minimum absolute atomic E-state index is 0.00733. The molecule has 2 amide bonds. The summed E-state index contributed by atoms with van der Waals surface area (Å²) in [6, 6.07) is 9.52. The third-order valence-corrected chi connectivity index (χ3v) is 4.22. The Morgan fingerprint density at radius 1 is 1.29 bits per heavy atom. The molecule has 5 heteroatoms. The number of carbonyl (C=O) groups is 2. The van der Waals surface area contributed by atoms with Crippen LogP contribution in [0.15, 0.2) is 30.3 Å². The highest BCUT2D eigenvalue weighted by atomic mass is 16.2. The molecule has 0 bridgehead atoms. The van der Waals surface area contributed by atoms with E-state index in [0.29, 0.717) is 0 Å². The van der Waals surface area contributed by atoms with Crippen LogP contribution in [0.4, 0.5) is 0 Å². The van der Waals surface area contributed by atoms with E-state index in [9.17, 15) is 9.59 Å². The molecule has 1 aromatic carbocycles. The highest BCUT2D eigenvalue weighted by molar-refractivity contribution is 5.88. The van der Waals surface area contributed by atoms with Crippen molar-refractivity contribution in [3.63, 3.8) is 0 Å². The van der Waals surface area contributed by atoms with E-state index in [-0.39, 0.29) is 36.0 Å². The van der Waals surface area contributed by atoms with Crippen molar-refractivity contribution in [1.82, 2.24) is 15.5 Å². The van der Waals surface area contributed by atoms with E-state index in [1.54, 1.807) is 4.90 Å². The molecule has 24 heavy (non-hydrogen) atoms. The molecule has 132 valence electrons. The van der Waals surface area contributed by atoms with E-state index in [0.717, 1.165) is 24.9 Å². The lowest BCUT2D eigenvalue weighted by molar-refractivity contribution is -0.140. The van der Waals surface area contributed by atoms with E-state index < -0.39 is 0 Å². The van der Waals surface area contributed by atoms with E-state index >= 15 is 0 Å². The number of carbonyl (C=O) groups excluding carboxylic acids is 2. The molecule has 1 aromatic rings. The van der Waals surface area contributed by atoms with Gasteiger partial charge in [-0.25, -0.2) is 0 Å². The van der Waals surface area contributed by atoms with Gasteiger partial charge >= 0.3 is 0 Å². The van der Waals surface area contributed by atoms with Gasteiger partial charge in [0.15, 0.2) is 0 Å². The molecule has 0 spiro atoms. The molecule has 1 heterocycles. The van der Waals surface area contributed by atoms with Gasteiger partial charge in [-0.05, 0) is 52.6 Å². The maximum Gasteiger partial charge on any atom is 0.240 e. The Hall–Kier alpha value is -1.88. The molecule has 1 aliphatic rings. The first-order valence-corrected chi connectivity index (χ1v) is 8.68. The third kappa shape index (κ3) is 5.06. The molecule has 2 atom stereocenters. The second-order valence-electron chi connectivity index (χ2n) is 7.50. The van der Waals surface area contributed by atoms with Crippen LogP contribution in [-0.2, 0) is 9.59 Å². The van der Waals surface area contributed by atoms with Gasteiger partial charge in [-0.3, -0.25) is 9.59 Å². The van der Waals surface area contributed by atoms with Crippen molar-refractivity contribution >= 4 is 11.8 Å². The SMILES string of the molecule is C[C@@H](c1ccccc1)N(CC(=O)NC(C)(C)C)C(=O)[C@@H]1CCCN1. The van der Waals surface area contributed by atoms with Crippen molar-refractivity contribution in [3.8, 4) is 0 Å². The summed E-state index contributed by atoms with van der Waals surface area (Å²) in [5.74, 6) is -0.121. The average molecular weight is 331 g/mol. The maximum atomic E-state index is 12.9. The second kappa shape index (κ2) is 7.79. The van der Waals surface area contributed by atoms with Crippen LogP contribution < -0.4 is 10.6 Å². The normalized spacial score (nSPS) is 18.9. The third-order valence-electron chi connectivity index (χ3n) is 4.22. The van der Waals surface area contributed by atoms with Crippen LogP contribution >= 0.6 is 0 Å². The fraction of sp³-hybridized carbons (Fsp3) is 0.579. The number of hydrogen-bond donors (Lipinski definition) is 2. The number of hydrogen-bond acceptors (Lipinski definition) is 3. The lowest BCUT2D eigenvalue weighted by Crippen LogP contribution is -2.51. The Kier molecular flexibility index (Phi) is 5.99. The molecule has 0 unspecified atom stereocenters. The molecule has 0 aliphatic carbocycles. The predicted molar refractivity (Wildman–Crippen MR) is 95.5 cm³/mol. The second-order valence-corrected chi connectivity index (χ2v) is 7.50. The largest absolute Gasteiger partial charge is 0.350 e. The van der Waals surface area contributed by atoms with Crippen LogP contribution in [0, 0.1) is 0 Å². The Balaban J connectivity index is 2.17. The summed E-state index contributed by atoms with van der Waals surface area (Å²) in [6.45, 7) is 8.73. The summed E-state index contributed by atoms with van der Waals surface area (Å²) in [5, 5.41) is 6.19. The van der Waals surface area contributed by atoms with Crippen molar-refractivity contribution < 1.29 is 9.59 Å². The monoisotopic (exact) mass is 331 g/mol. The summed E-state index contributed by atoms with van der Waals surface area (Å²) in [7, 11) is 0. The Morgan fingerprint density at radius 2 is 1.96 bits per heavy atom. The minimum Gasteiger partial charge on any atom is -0.350 e. The van der Waals surface area contributed by atoms with Gasteiger partial charge in [-0.1, -0.05) is 30.3 Å². The fourth-order valence-corrected chi connectivity index (χ4v) is 3.03. The van der Waals surface area contributed by atoms with Crippen molar-refractivity contribution in [2.24, 2.45) is 0 Å². The molecule has 0 aromatic heterocycles. The molecular formula is C19H29N3O2. The zero-order valence-corrected chi connectivity index (χ0v) is 15.1. The molecule has 0 saturated carbocycles. The first kappa shape index (κ1) is 18.5. The van der Waals surface area contributed by atoms with Crippen LogP contribution in [0.3, 0.4) is 0 Å². The van der Waals surface area contributed by atoms with Gasteiger partial charge in [0.05, 0.1) is 12.1 Å². The van der Waals surface area contributed by atoms with Gasteiger partial charge in [0.25, 0.3) is 0 Å². The molecule has 1 fully saturated rings.